The SMILES string of the molecule is CCOC(=O)c1cn([C@@H](C(C)C)C(O[SiH](C)C)C(C)(C)C)c2nc(OC)c(CCc3ccc(F)cc3F)cc2c1=O. The molecule has 7 nitrogen and oxygen atoms in total. The third kappa shape index (κ3) is 7.40. The molecule has 1 unspecified atom stereocenters. The van der Waals surface area contributed by atoms with Gasteiger partial charge in [0.25, 0.3) is 0 Å². The van der Waals surface area contributed by atoms with E-state index in [0.29, 0.717) is 16.8 Å². The van der Waals surface area contributed by atoms with E-state index in [-0.39, 0.29) is 59.8 Å². The molecule has 2 aromatic heterocycles. The highest BCUT2D eigenvalue weighted by molar-refractivity contribution is 6.48. The maximum atomic E-state index is 14.3. The molecule has 0 bridgehead atoms. The molecule has 0 saturated carbocycles. The van der Waals surface area contributed by atoms with Gasteiger partial charge in [0.2, 0.25) is 11.3 Å². The maximum Gasteiger partial charge on any atom is 0.343 e. The van der Waals surface area contributed by atoms with E-state index in [1.807, 2.05) is 4.57 Å². The lowest BCUT2D eigenvalue weighted by Gasteiger charge is -2.42. The second kappa shape index (κ2) is 13.2. The van der Waals surface area contributed by atoms with Crippen LogP contribution in [0.25, 0.3) is 11.0 Å². The van der Waals surface area contributed by atoms with E-state index in [4.69, 9.17) is 18.9 Å². The third-order valence-corrected chi connectivity index (χ3v) is 7.84. The minimum Gasteiger partial charge on any atom is -0.481 e. The van der Waals surface area contributed by atoms with E-state index in [2.05, 4.69) is 47.7 Å². The predicted octanol–water partition coefficient (Wildman–Crippen LogP) is 6.26. The molecule has 224 valence electrons. The molecule has 2 atom stereocenters. The van der Waals surface area contributed by atoms with E-state index in [1.54, 1.807) is 13.0 Å². The summed E-state index contributed by atoms with van der Waals surface area (Å²) in [6.07, 6.45) is 1.80. The average molecular weight is 589 g/mol. The minimum absolute atomic E-state index is 0.0432. The van der Waals surface area contributed by atoms with Crippen LogP contribution in [-0.4, -0.2) is 44.4 Å². The number of aryl methyl sites for hydroxylation is 2. The molecular formula is C31H42F2N2O5Si. The van der Waals surface area contributed by atoms with Gasteiger partial charge in [-0.15, -0.1) is 0 Å². The van der Waals surface area contributed by atoms with Gasteiger partial charge in [-0.2, -0.15) is 4.98 Å². The fraction of sp³-hybridized carbons (Fsp3) is 0.516. The maximum absolute atomic E-state index is 14.3. The molecule has 0 spiro atoms. The quantitative estimate of drug-likeness (QED) is 0.194. The van der Waals surface area contributed by atoms with Crippen molar-refractivity contribution in [3.63, 3.8) is 0 Å². The van der Waals surface area contributed by atoms with Crippen LogP contribution in [0, 0.1) is 23.0 Å². The predicted molar refractivity (Wildman–Crippen MR) is 159 cm³/mol. The van der Waals surface area contributed by atoms with Gasteiger partial charge in [0, 0.05) is 17.8 Å². The summed E-state index contributed by atoms with van der Waals surface area (Å²) in [5, 5.41) is 0.228. The summed E-state index contributed by atoms with van der Waals surface area (Å²) in [4.78, 5) is 31.5. The molecule has 0 radical (unpaired) electrons. The lowest BCUT2D eigenvalue weighted by molar-refractivity contribution is 0.0209. The van der Waals surface area contributed by atoms with Crippen LogP contribution in [0.15, 0.2) is 35.3 Å². The summed E-state index contributed by atoms with van der Waals surface area (Å²) in [6.45, 7) is 16.5. The van der Waals surface area contributed by atoms with Gasteiger partial charge in [0.1, 0.15) is 22.8 Å². The van der Waals surface area contributed by atoms with Crippen molar-refractivity contribution in [1.29, 1.82) is 0 Å². The van der Waals surface area contributed by atoms with Crippen molar-refractivity contribution in [3.05, 3.63) is 69.0 Å². The number of benzene rings is 1. The van der Waals surface area contributed by atoms with Crippen molar-refractivity contribution < 1.29 is 27.5 Å². The first-order chi connectivity index (χ1) is 19.2. The van der Waals surface area contributed by atoms with E-state index >= 15 is 0 Å². The van der Waals surface area contributed by atoms with Gasteiger partial charge in [-0.1, -0.05) is 40.7 Å². The van der Waals surface area contributed by atoms with Crippen LogP contribution in [-0.2, 0) is 22.0 Å². The Morgan fingerprint density at radius 3 is 2.29 bits per heavy atom. The van der Waals surface area contributed by atoms with Crippen LogP contribution in [0.3, 0.4) is 0 Å². The molecule has 2 heterocycles. The zero-order valence-electron chi connectivity index (χ0n) is 25.5. The highest BCUT2D eigenvalue weighted by Crippen LogP contribution is 2.38. The number of pyridine rings is 2. The van der Waals surface area contributed by atoms with E-state index < -0.39 is 32.1 Å². The number of carbonyl (C=O) groups is 1. The van der Waals surface area contributed by atoms with Crippen molar-refractivity contribution >= 4 is 26.0 Å². The summed E-state index contributed by atoms with van der Waals surface area (Å²) in [5.41, 5.74) is 0.380. The topological polar surface area (TPSA) is 79.7 Å². The number of aromatic nitrogens is 2. The fourth-order valence-corrected chi connectivity index (χ4v) is 6.29. The van der Waals surface area contributed by atoms with Crippen LogP contribution in [0.1, 0.15) is 69.1 Å². The molecule has 41 heavy (non-hydrogen) atoms. The number of hydrogen-bond acceptors (Lipinski definition) is 6. The Kier molecular flexibility index (Phi) is 10.5. The Balaban J connectivity index is 2.30. The number of hydrogen-bond donors (Lipinski definition) is 0. The molecule has 1 aromatic carbocycles. The number of carbonyl (C=O) groups excluding carboxylic acids is 1. The molecule has 0 saturated heterocycles. The largest absolute Gasteiger partial charge is 0.481 e. The molecule has 10 heteroatoms. The molecular weight excluding hydrogens is 546 g/mol. The number of rotatable bonds is 11. The number of fused-ring (bicyclic) bond motifs is 1. The van der Waals surface area contributed by atoms with E-state index in [0.717, 1.165) is 6.07 Å². The number of ether oxygens (including phenoxy) is 2. The zero-order chi connectivity index (χ0) is 30.6. The molecule has 0 aliphatic rings. The van der Waals surface area contributed by atoms with Crippen LogP contribution < -0.4 is 10.2 Å². The first kappa shape index (κ1) is 32.4. The molecule has 3 aromatic rings. The van der Waals surface area contributed by atoms with Crippen molar-refractivity contribution in [3.8, 4) is 5.88 Å². The first-order valence-electron chi connectivity index (χ1n) is 14.1. The Labute approximate surface area is 242 Å². The van der Waals surface area contributed by atoms with Crippen LogP contribution >= 0.6 is 0 Å². The van der Waals surface area contributed by atoms with Gasteiger partial charge in [0.05, 0.1) is 31.2 Å². The lowest BCUT2D eigenvalue weighted by Crippen LogP contribution is -2.43. The first-order valence-corrected chi connectivity index (χ1v) is 16.9. The Hall–Kier alpha value is -3.11. The van der Waals surface area contributed by atoms with Crippen molar-refractivity contribution in [2.75, 3.05) is 13.7 Å². The summed E-state index contributed by atoms with van der Waals surface area (Å²) in [5.74, 6) is -1.69. The van der Waals surface area contributed by atoms with Gasteiger partial charge in [-0.05, 0) is 61.9 Å². The molecule has 0 aliphatic heterocycles. The number of esters is 1. The van der Waals surface area contributed by atoms with Gasteiger partial charge >= 0.3 is 5.97 Å². The number of halogens is 2. The third-order valence-electron chi connectivity index (χ3n) is 7.00. The van der Waals surface area contributed by atoms with E-state index in [1.165, 1.54) is 25.4 Å². The second-order valence-corrected chi connectivity index (χ2v) is 14.3. The molecule has 0 aliphatic carbocycles. The van der Waals surface area contributed by atoms with Crippen molar-refractivity contribution in [2.24, 2.45) is 11.3 Å². The minimum atomic E-state index is -1.50. The smallest absolute Gasteiger partial charge is 0.343 e. The standard InChI is InChI=1S/C31H42F2N2O5Si/c1-10-39-30(37)23-17-35(25(18(2)3)27(31(4,5)6)40-41(8)9)28-22(26(23)36)15-20(29(34-28)38-7)12-11-19-13-14-21(32)16-24(19)33/h13-18,25,27,41H,10-12H2,1-9H3/t25-,27?/m0/s1. The van der Waals surface area contributed by atoms with Gasteiger partial charge in [-0.25, -0.2) is 13.6 Å². The van der Waals surface area contributed by atoms with E-state index in [9.17, 15) is 18.4 Å². The zero-order valence-corrected chi connectivity index (χ0v) is 26.7. The average Bonchev–Trinajstić information content (AvgIpc) is 2.87. The summed E-state index contributed by atoms with van der Waals surface area (Å²) in [6, 6.07) is 4.83. The highest BCUT2D eigenvalue weighted by Gasteiger charge is 2.38. The number of nitrogens with zero attached hydrogens (tertiary/aromatic N) is 2. The van der Waals surface area contributed by atoms with Crippen molar-refractivity contribution in [1.82, 2.24) is 9.55 Å². The fourth-order valence-electron chi connectivity index (χ4n) is 5.13. The normalized spacial score (nSPS) is 13.6. The summed E-state index contributed by atoms with van der Waals surface area (Å²) < 4.78 is 47.1. The van der Waals surface area contributed by atoms with Gasteiger partial charge < -0.3 is 18.5 Å². The molecule has 0 fully saturated rings. The molecule has 0 amide bonds. The van der Waals surface area contributed by atoms with Crippen molar-refractivity contribution in [2.45, 2.75) is 79.6 Å². The number of methoxy groups -OCH3 is 1. The van der Waals surface area contributed by atoms with Crippen LogP contribution in [0.4, 0.5) is 8.78 Å². The Morgan fingerprint density at radius 1 is 1.10 bits per heavy atom. The lowest BCUT2D eigenvalue weighted by atomic mass is 9.80. The second-order valence-electron chi connectivity index (χ2n) is 12.0. The summed E-state index contributed by atoms with van der Waals surface area (Å²) in [7, 11) is -0.0182. The highest BCUT2D eigenvalue weighted by atomic mass is 28.3. The molecule has 0 N–H and O–H groups in total. The Bertz CT molecular complexity index is 1450. The van der Waals surface area contributed by atoms with Crippen LogP contribution in [0.2, 0.25) is 13.1 Å². The molecule has 3 rings (SSSR count). The van der Waals surface area contributed by atoms with Gasteiger partial charge in [0.15, 0.2) is 9.04 Å². The van der Waals surface area contributed by atoms with Gasteiger partial charge in [-0.3, -0.25) is 4.79 Å². The van der Waals surface area contributed by atoms with Crippen LogP contribution in [0.5, 0.6) is 5.88 Å². The Morgan fingerprint density at radius 2 is 1.76 bits per heavy atom. The monoisotopic (exact) mass is 588 g/mol. The summed E-state index contributed by atoms with van der Waals surface area (Å²) >= 11 is 0.